The topological polar surface area (TPSA) is 39.1 Å². The Hall–Kier alpha value is -0.870. The summed E-state index contributed by atoms with van der Waals surface area (Å²) in [6.07, 6.45) is 7.57. The van der Waals surface area contributed by atoms with E-state index in [1.165, 1.54) is 25.7 Å². The van der Waals surface area contributed by atoms with Crippen LogP contribution in [0, 0.1) is 0 Å². The molecule has 1 saturated carbocycles. The van der Waals surface area contributed by atoms with Crippen LogP contribution in [0.4, 0.5) is 0 Å². The largest absolute Gasteiger partial charge is 0.371 e. The summed E-state index contributed by atoms with van der Waals surface area (Å²) >= 11 is 0. The second-order valence-electron chi connectivity index (χ2n) is 4.90. The summed E-state index contributed by atoms with van der Waals surface area (Å²) in [5, 5.41) is 7.70. The maximum absolute atomic E-state index is 5.71. The second-order valence-corrected chi connectivity index (χ2v) is 4.90. The number of aromatic nitrogens is 2. The predicted octanol–water partition coefficient (Wildman–Crippen LogP) is 2.12. The lowest BCUT2D eigenvalue weighted by Crippen LogP contribution is -2.23. The van der Waals surface area contributed by atoms with Crippen LogP contribution >= 0.6 is 0 Å². The van der Waals surface area contributed by atoms with E-state index in [-0.39, 0.29) is 6.10 Å². The second kappa shape index (κ2) is 6.17. The van der Waals surface area contributed by atoms with Crippen molar-refractivity contribution in [1.29, 1.82) is 0 Å². The maximum atomic E-state index is 5.71. The van der Waals surface area contributed by atoms with Crippen LogP contribution in [0.25, 0.3) is 0 Å². The van der Waals surface area contributed by atoms with E-state index in [1.807, 2.05) is 7.05 Å². The zero-order valence-corrected chi connectivity index (χ0v) is 10.9. The van der Waals surface area contributed by atoms with E-state index in [9.17, 15) is 0 Å². The van der Waals surface area contributed by atoms with E-state index in [4.69, 9.17) is 4.74 Å². The minimum absolute atomic E-state index is 0.233. The van der Waals surface area contributed by atoms with E-state index in [0.29, 0.717) is 12.6 Å². The zero-order valence-electron chi connectivity index (χ0n) is 10.9. The average molecular weight is 237 g/mol. The molecule has 0 bridgehead atoms. The van der Waals surface area contributed by atoms with Gasteiger partial charge in [-0.3, -0.25) is 4.68 Å². The Kier molecular flexibility index (Phi) is 4.57. The molecular formula is C13H23N3O. The smallest absolute Gasteiger partial charge is 0.0910 e. The Morgan fingerprint density at radius 2 is 2.29 bits per heavy atom. The summed E-state index contributed by atoms with van der Waals surface area (Å²) < 4.78 is 7.83. The van der Waals surface area contributed by atoms with Crippen LogP contribution in [0.15, 0.2) is 12.3 Å². The molecule has 1 aliphatic rings. The first-order chi connectivity index (χ1) is 8.29. The minimum atomic E-state index is 0.233. The molecule has 2 rings (SSSR count). The van der Waals surface area contributed by atoms with Gasteiger partial charge in [-0.25, -0.2) is 0 Å². The Morgan fingerprint density at radius 1 is 1.53 bits per heavy atom. The number of hydrogen-bond donors (Lipinski definition) is 1. The van der Waals surface area contributed by atoms with E-state index >= 15 is 0 Å². The fourth-order valence-corrected chi connectivity index (χ4v) is 2.40. The predicted molar refractivity (Wildman–Crippen MR) is 67.9 cm³/mol. The Morgan fingerprint density at radius 3 is 3.00 bits per heavy atom. The maximum Gasteiger partial charge on any atom is 0.0910 e. The first-order valence-corrected chi connectivity index (χ1v) is 6.60. The molecule has 0 spiro atoms. The minimum Gasteiger partial charge on any atom is -0.371 e. The van der Waals surface area contributed by atoms with Crippen LogP contribution in [0.3, 0.4) is 0 Å². The number of hydrogen-bond acceptors (Lipinski definition) is 3. The van der Waals surface area contributed by atoms with E-state index in [1.54, 1.807) is 0 Å². The van der Waals surface area contributed by atoms with Gasteiger partial charge >= 0.3 is 0 Å². The molecule has 1 aromatic rings. The summed E-state index contributed by atoms with van der Waals surface area (Å²) in [7, 11) is 1.94. The molecule has 1 aromatic heterocycles. The molecule has 4 nitrogen and oxygen atoms in total. The zero-order chi connectivity index (χ0) is 12.1. The van der Waals surface area contributed by atoms with Crippen molar-refractivity contribution in [2.24, 2.45) is 0 Å². The van der Waals surface area contributed by atoms with Gasteiger partial charge in [-0.1, -0.05) is 12.8 Å². The molecule has 0 aliphatic heterocycles. The Balaban J connectivity index is 1.81. The van der Waals surface area contributed by atoms with Crippen LogP contribution in [0.5, 0.6) is 0 Å². The van der Waals surface area contributed by atoms with Crippen molar-refractivity contribution in [3.8, 4) is 0 Å². The summed E-state index contributed by atoms with van der Waals surface area (Å²) in [6, 6.07) is 2.70. The van der Waals surface area contributed by atoms with Gasteiger partial charge < -0.3 is 10.1 Å². The van der Waals surface area contributed by atoms with Crippen molar-refractivity contribution < 1.29 is 4.74 Å². The third kappa shape index (κ3) is 3.54. The molecule has 1 atom stereocenters. The number of nitrogens with zero attached hydrogens (tertiary/aromatic N) is 2. The SMILES string of the molecule is CNCC(C)OCc1ccn(C2CCCC2)n1. The van der Waals surface area contributed by atoms with Crippen LogP contribution in [0.1, 0.15) is 44.3 Å². The molecule has 96 valence electrons. The van der Waals surface area contributed by atoms with Crippen LogP contribution in [-0.2, 0) is 11.3 Å². The Bertz CT molecular complexity index is 331. The number of ether oxygens (including phenoxy) is 1. The van der Waals surface area contributed by atoms with Gasteiger partial charge in [0.15, 0.2) is 0 Å². The van der Waals surface area contributed by atoms with Crippen LogP contribution < -0.4 is 5.32 Å². The molecule has 17 heavy (non-hydrogen) atoms. The molecule has 0 saturated heterocycles. The van der Waals surface area contributed by atoms with Crippen molar-refractivity contribution in [1.82, 2.24) is 15.1 Å². The summed E-state index contributed by atoms with van der Waals surface area (Å²) in [4.78, 5) is 0. The summed E-state index contributed by atoms with van der Waals surface area (Å²) in [5.41, 5.74) is 1.04. The van der Waals surface area contributed by atoms with Gasteiger partial charge in [0.2, 0.25) is 0 Å². The summed E-state index contributed by atoms with van der Waals surface area (Å²) in [6.45, 7) is 3.57. The highest BCUT2D eigenvalue weighted by molar-refractivity contribution is 4.98. The van der Waals surface area contributed by atoms with Crippen molar-refractivity contribution in [2.75, 3.05) is 13.6 Å². The number of likely N-dealkylation sites (N-methyl/N-ethyl adjacent to an activating group) is 1. The molecule has 1 aliphatic carbocycles. The number of rotatable bonds is 6. The van der Waals surface area contributed by atoms with Crippen molar-refractivity contribution in [2.45, 2.75) is 51.4 Å². The van der Waals surface area contributed by atoms with Gasteiger partial charge in [-0.2, -0.15) is 5.10 Å². The normalized spacial score (nSPS) is 18.7. The molecule has 1 fully saturated rings. The van der Waals surface area contributed by atoms with Gasteiger partial charge in [-0.05, 0) is 32.9 Å². The highest BCUT2D eigenvalue weighted by Gasteiger charge is 2.17. The molecular weight excluding hydrogens is 214 g/mol. The lowest BCUT2D eigenvalue weighted by molar-refractivity contribution is 0.0521. The van der Waals surface area contributed by atoms with Crippen molar-refractivity contribution >= 4 is 0 Å². The third-order valence-corrected chi connectivity index (χ3v) is 3.37. The molecule has 1 heterocycles. The van der Waals surface area contributed by atoms with E-state index in [2.05, 4.69) is 34.3 Å². The first-order valence-electron chi connectivity index (χ1n) is 6.60. The van der Waals surface area contributed by atoms with Crippen LogP contribution in [-0.4, -0.2) is 29.5 Å². The molecule has 1 N–H and O–H groups in total. The van der Waals surface area contributed by atoms with Gasteiger partial charge in [0.25, 0.3) is 0 Å². The lowest BCUT2D eigenvalue weighted by atomic mass is 10.3. The van der Waals surface area contributed by atoms with E-state index < -0.39 is 0 Å². The van der Waals surface area contributed by atoms with Crippen molar-refractivity contribution in [3.63, 3.8) is 0 Å². The molecule has 0 radical (unpaired) electrons. The average Bonchev–Trinajstić information content (AvgIpc) is 2.97. The molecule has 4 heteroatoms. The highest BCUT2D eigenvalue weighted by atomic mass is 16.5. The highest BCUT2D eigenvalue weighted by Crippen LogP contribution is 2.28. The van der Waals surface area contributed by atoms with Gasteiger partial charge in [0, 0.05) is 12.7 Å². The molecule has 1 unspecified atom stereocenters. The van der Waals surface area contributed by atoms with Crippen molar-refractivity contribution in [3.05, 3.63) is 18.0 Å². The van der Waals surface area contributed by atoms with E-state index in [0.717, 1.165) is 12.2 Å². The van der Waals surface area contributed by atoms with Gasteiger partial charge in [0.1, 0.15) is 0 Å². The van der Waals surface area contributed by atoms with Crippen LogP contribution in [0.2, 0.25) is 0 Å². The third-order valence-electron chi connectivity index (χ3n) is 3.37. The lowest BCUT2D eigenvalue weighted by Gasteiger charge is -2.11. The quantitative estimate of drug-likeness (QED) is 0.823. The first kappa shape index (κ1) is 12.6. The monoisotopic (exact) mass is 237 g/mol. The summed E-state index contributed by atoms with van der Waals surface area (Å²) in [5.74, 6) is 0. The Labute approximate surface area is 103 Å². The number of nitrogens with one attached hydrogen (secondary N) is 1. The fraction of sp³-hybridized carbons (Fsp3) is 0.769. The molecule has 0 amide bonds. The molecule has 0 aromatic carbocycles. The van der Waals surface area contributed by atoms with Gasteiger partial charge in [0.05, 0.1) is 24.4 Å². The standard InChI is InChI=1S/C13H23N3O/c1-11(9-14-2)17-10-12-7-8-16(15-12)13-5-3-4-6-13/h7-8,11,13-14H,3-6,9-10H2,1-2H3. The van der Waals surface area contributed by atoms with Gasteiger partial charge in [-0.15, -0.1) is 0 Å². The fourth-order valence-electron chi connectivity index (χ4n) is 2.40.